The van der Waals surface area contributed by atoms with Crippen LogP contribution in [0.4, 0.5) is 0 Å². The number of Topliss-reactive ketones (excluding diaryl/α,β-unsaturated/α-hetero) is 1. The molecule has 0 heterocycles. The summed E-state index contributed by atoms with van der Waals surface area (Å²) >= 11 is 0. The molecule has 4 aliphatic carbocycles. The van der Waals surface area contributed by atoms with Crippen molar-refractivity contribution < 1.29 is 30.3 Å². The molecule has 0 aliphatic heterocycles. The van der Waals surface area contributed by atoms with Crippen molar-refractivity contribution in [3.8, 4) is 0 Å². The quantitative estimate of drug-likeness (QED) is 0.430. The Morgan fingerprint density at radius 2 is 1.78 bits per heavy atom. The van der Waals surface area contributed by atoms with Gasteiger partial charge in [-0.15, -0.1) is 0 Å². The summed E-state index contributed by atoms with van der Waals surface area (Å²) in [7, 11) is 0. The number of carbonyl (C=O) groups excluding carboxylic acids is 1. The fraction of sp³-hybridized carbons (Fsp3) is 0.857. The minimum absolute atomic E-state index is 0.0213. The molecule has 0 aromatic rings. The van der Waals surface area contributed by atoms with Crippen molar-refractivity contribution in [3.63, 3.8) is 0 Å². The van der Waals surface area contributed by atoms with Crippen molar-refractivity contribution in [2.45, 2.75) is 94.7 Å². The zero-order chi connectivity index (χ0) is 20.0. The topological polar surface area (TPSA) is 118 Å². The van der Waals surface area contributed by atoms with Crippen molar-refractivity contribution in [2.75, 3.05) is 0 Å². The van der Waals surface area contributed by atoms with E-state index in [0.29, 0.717) is 19.3 Å². The molecule has 0 unspecified atom stereocenters. The molecule has 4 aliphatic rings. The van der Waals surface area contributed by atoms with Gasteiger partial charge < -0.3 is 25.5 Å². The Labute approximate surface area is 159 Å². The molecule has 27 heavy (non-hydrogen) atoms. The Bertz CT molecular complexity index is 719. The minimum atomic E-state index is -1.87. The summed E-state index contributed by atoms with van der Waals surface area (Å²) in [6, 6.07) is 0. The van der Waals surface area contributed by atoms with E-state index in [1.54, 1.807) is 6.92 Å². The summed E-state index contributed by atoms with van der Waals surface area (Å²) in [5, 5.41) is 56.1. The SMILES string of the molecule is CC(=O)[C@@]1(O)CC[C@@]2(O)[C@]1(C)[C@H](O)C[C@@H]1[C@@]3(C)CC[C@H](O)CC3=CC[C@]12O. The van der Waals surface area contributed by atoms with Crippen LogP contribution in [0.2, 0.25) is 0 Å². The monoisotopic (exact) mass is 380 g/mol. The molecule has 6 heteroatoms. The van der Waals surface area contributed by atoms with Gasteiger partial charge in [0.05, 0.1) is 17.6 Å². The van der Waals surface area contributed by atoms with Crippen LogP contribution in [0.1, 0.15) is 65.7 Å². The molecule has 8 atom stereocenters. The van der Waals surface area contributed by atoms with Crippen molar-refractivity contribution >= 4 is 5.78 Å². The highest BCUT2D eigenvalue weighted by Gasteiger charge is 2.80. The third-order valence-corrected chi connectivity index (χ3v) is 9.18. The number of aliphatic hydroxyl groups is 5. The first-order valence-corrected chi connectivity index (χ1v) is 10.1. The van der Waals surface area contributed by atoms with E-state index >= 15 is 0 Å². The molecular weight excluding hydrogens is 348 g/mol. The summed E-state index contributed by atoms with van der Waals surface area (Å²) in [6.45, 7) is 4.87. The molecule has 0 aromatic heterocycles. The molecule has 0 amide bonds. The third kappa shape index (κ3) is 1.96. The van der Waals surface area contributed by atoms with E-state index in [0.717, 1.165) is 5.57 Å². The standard InChI is InChI=1S/C21H32O6/c1-12(22)19(25)8-9-21(27)18(19,3)16(24)11-15-17(2)6-5-14(23)10-13(17)4-7-20(15,21)26/h4,14-16,23-27H,5-11H2,1-3H3/t14-,15+,16+,17-,18+,19-,20-,21+/m0/s1. The van der Waals surface area contributed by atoms with Crippen LogP contribution in [0.3, 0.4) is 0 Å². The van der Waals surface area contributed by atoms with Crippen molar-refractivity contribution in [1.82, 2.24) is 0 Å². The van der Waals surface area contributed by atoms with E-state index in [4.69, 9.17) is 0 Å². The fourth-order valence-corrected chi connectivity index (χ4v) is 7.23. The molecule has 152 valence electrons. The van der Waals surface area contributed by atoms with Gasteiger partial charge in [-0.1, -0.05) is 25.5 Å². The lowest BCUT2D eigenvalue weighted by molar-refractivity contribution is -0.312. The fourth-order valence-electron chi connectivity index (χ4n) is 7.23. The summed E-state index contributed by atoms with van der Waals surface area (Å²) < 4.78 is 0. The molecule has 5 N–H and O–H groups in total. The number of carbonyl (C=O) groups is 1. The molecule has 0 saturated heterocycles. The summed E-state index contributed by atoms with van der Waals surface area (Å²) in [6.07, 6.45) is 2.73. The summed E-state index contributed by atoms with van der Waals surface area (Å²) in [5.74, 6) is -0.888. The molecule has 3 fully saturated rings. The van der Waals surface area contributed by atoms with Gasteiger partial charge >= 0.3 is 0 Å². The zero-order valence-electron chi connectivity index (χ0n) is 16.4. The largest absolute Gasteiger partial charge is 0.393 e. The molecule has 0 aromatic carbocycles. The average molecular weight is 380 g/mol. The van der Waals surface area contributed by atoms with Gasteiger partial charge in [0.15, 0.2) is 5.78 Å². The Kier molecular flexibility index (Phi) is 3.92. The molecule has 4 rings (SSSR count). The first kappa shape index (κ1) is 19.5. The molecule has 0 bridgehead atoms. The van der Waals surface area contributed by atoms with E-state index in [-0.39, 0.29) is 25.7 Å². The number of aliphatic hydroxyl groups excluding tert-OH is 2. The van der Waals surface area contributed by atoms with Gasteiger partial charge in [0.2, 0.25) is 0 Å². The number of hydrogen-bond acceptors (Lipinski definition) is 6. The van der Waals surface area contributed by atoms with E-state index in [1.807, 2.05) is 13.0 Å². The van der Waals surface area contributed by atoms with Crippen LogP contribution >= 0.6 is 0 Å². The van der Waals surface area contributed by atoms with Gasteiger partial charge in [-0.3, -0.25) is 4.79 Å². The Balaban J connectivity index is 1.87. The highest BCUT2D eigenvalue weighted by molar-refractivity contribution is 5.87. The summed E-state index contributed by atoms with van der Waals surface area (Å²) in [4.78, 5) is 12.3. The second kappa shape index (κ2) is 5.42. The average Bonchev–Trinajstić information content (AvgIpc) is 2.83. The molecular formula is C21H32O6. The molecule has 3 saturated carbocycles. The lowest BCUT2D eigenvalue weighted by atomic mass is 9.42. The number of ketones is 1. The first-order valence-electron chi connectivity index (χ1n) is 10.1. The lowest BCUT2D eigenvalue weighted by Crippen LogP contribution is -2.78. The van der Waals surface area contributed by atoms with Crippen LogP contribution in [-0.4, -0.2) is 60.3 Å². The van der Waals surface area contributed by atoms with Crippen molar-refractivity contribution in [3.05, 3.63) is 11.6 Å². The molecule has 0 radical (unpaired) electrons. The normalized spacial score (nSPS) is 57.3. The first-order chi connectivity index (χ1) is 12.4. The molecule has 6 nitrogen and oxygen atoms in total. The second-order valence-electron chi connectivity index (χ2n) is 9.96. The summed E-state index contributed by atoms with van der Waals surface area (Å²) in [5.41, 5.74) is -6.07. The lowest BCUT2D eigenvalue weighted by Gasteiger charge is -2.66. The maximum atomic E-state index is 12.3. The predicted molar refractivity (Wildman–Crippen MR) is 97.7 cm³/mol. The number of fused-ring (bicyclic) bond motifs is 5. The minimum Gasteiger partial charge on any atom is -0.393 e. The van der Waals surface area contributed by atoms with Crippen LogP contribution in [0, 0.1) is 16.7 Å². The van der Waals surface area contributed by atoms with E-state index in [1.165, 1.54) is 6.92 Å². The van der Waals surface area contributed by atoms with Gasteiger partial charge in [-0.25, -0.2) is 0 Å². The van der Waals surface area contributed by atoms with Gasteiger partial charge in [-0.2, -0.15) is 0 Å². The van der Waals surface area contributed by atoms with Crippen molar-refractivity contribution in [2.24, 2.45) is 16.7 Å². The highest BCUT2D eigenvalue weighted by Crippen LogP contribution is 2.70. The van der Waals surface area contributed by atoms with Crippen LogP contribution in [-0.2, 0) is 4.79 Å². The Hall–Kier alpha value is -0.790. The third-order valence-electron chi connectivity index (χ3n) is 9.18. The number of hydrogen-bond donors (Lipinski definition) is 5. The van der Waals surface area contributed by atoms with E-state index < -0.39 is 51.5 Å². The van der Waals surface area contributed by atoms with Gasteiger partial charge in [-0.05, 0) is 57.3 Å². The van der Waals surface area contributed by atoms with Crippen LogP contribution in [0.5, 0.6) is 0 Å². The smallest absolute Gasteiger partial charge is 0.162 e. The van der Waals surface area contributed by atoms with E-state index in [2.05, 4.69) is 0 Å². The van der Waals surface area contributed by atoms with Gasteiger partial charge in [0.25, 0.3) is 0 Å². The van der Waals surface area contributed by atoms with Gasteiger partial charge in [0.1, 0.15) is 16.8 Å². The Morgan fingerprint density at radius 1 is 1.11 bits per heavy atom. The van der Waals surface area contributed by atoms with Crippen molar-refractivity contribution in [1.29, 1.82) is 0 Å². The maximum Gasteiger partial charge on any atom is 0.162 e. The van der Waals surface area contributed by atoms with Crippen LogP contribution < -0.4 is 0 Å². The highest BCUT2D eigenvalue weighted by atomic mass is 16.4. The zero-order valence-corrected chi connectivity index (χ0v) is 16.4. The predicted octanol–water partition coefficient (Wildman–Crippen LogP) is 0.831. The second-order valence-corrected chi connectivity index (χ2v) is 9.96. The number of rotatable bonds is 1. The maximum absolute atomic E-state index is 12.3. The van der Waals surface area contributed by atoms with Crippen LogP contribution in [0.25, 0.3) is 0 Å². The Morgan fingerprint density at radius 3 is 2.41 bits per heavy atom. The van der Waals surface area contributed by atoms with E-state index in [9.17, 15) is 30.3 Å². The van der Waals surface area contributed by atoms with Gasteiger partial charge in [0, 0.05) is 5.92 Å². The molecule has 0 spiro atoms. The van der Waals surface area contributed by atoms with Crippen LogP contribution in [0.15, 0.2) is 11.6 Å².